The summed E-state index contributed by atoms with van der Waals surface area (Å²) < 4.78 is 0. The molecule has 4 nitrogen and oxygen atoms in total. The van der Waals surface area contributed by atoms with Gasteiger partial charge in [0.05, 0.1) is 0 Å². The zero-order valence-corrected chi connectivity index (χ0v) is 11.3. The first kappa shape index (κ1) is 13.4. The number of hydrogen-bond acceptors (Lipinski definition) is 2. The molecule has 2 aliphatic rings. The minimum atomic E-state index is -0.387. The standard InChI is InChI=1S/C14H24N2O2/c1-2-12-9-5-6-10-16(12)14(18)13(17)15-11-7-3-4-8-11/h11-12H,2-10H2,1H3,(H,15,17). The fourth-order valence-electron chi connectivity index (χ4n) is 3.14. The van der Waals surface area contributed by atoms with Crippen molar-refractivity contribution in [1.29, 1.82) is 0 Å². The highest BCUT2D eigenvalue weighted by Crippen LogP contribution is 2.20. The van der Waals surface area contributed by atoms with Crippen LogP contribution in [0.4, 0.5) is 0 Å². The number of nitrogens with one attached hydrogen (secondary N) is 1. The van der Waals surface area contributed by atoms with Crippen LogP contribution in [0.5, 0.6) is 0 Å². The quantitative estimate of drug-likeness (QED) is 0.762. The molecule has 0 aromatic heterocycles. The average molecular weight is 252 g/mol. The minimum absolute atomic E-state index is 0.228. The van der Waals surface area contributed by atoms with E-state index in [-0.39, 0.29) is 23.9 Å². The normalized spacial score (nSPS) is 25.2. The van der Waals surface area contributed by atoms with Gasteiger partial charge in [-0.3, -0.25) is 9.59 Å². The van der Waals surface area contributed by atoms with E-state index in [1.54, 1.807) is 4.90 Å². The van der Waals surface area contributed by atoms with Gasteiger partial charge in [0.2, 0.25) is 0 Å². The molecule has 4 heteroatoms. The van der Waals surface area contributed by atoms with E-state index in [0.29, 0.717) is 0 Å². The van der Waals surface area contributed by atoms with Crippen LogP contribution in [0.3, 0.4) is 0 Å². The molecule has 1 saturated carbocycles. The number of nitrogens with zero attached hydrogens (tertiary/aromatic N) is 1. The average Bonchev–Trinajstić information content (AvgIpc) is 2.90. The molecule has 2 rings (SSSR count). The van der Waals surface area contributed by atoms with Crippen molar-refractivity contribution >= 4 is 11.8 Å². The van der Waals surface area contributed by atoms with E-state index < -0.39 is 0 Å². The molecule has 2 amide bonds. The molecule has 1 N–H and O–H groups in total. The zero-order chi connectivity index (χ0) is 13.0. The highest BCUT2D eigenvalue weighted by molar-refractivity contribution is 6.35. The Morgan fingerprint density at radius 3 is 2.44 bits per heavy atom. The molecule has 0 bridgehead atoms. The summed E-state index contributed by atoms with van der Waals surface area (Å²) in [6, 6.07) is 0.492. The maximum absolute atomic E-state index is 12.2. The van der Waals surface area contributed by atoms with Crippen LogP contribution in [-0.2, 0) is 9.59 Å². The van der Waals surface area contributed by atoms with E-state index >= 15 is 0 Å². The summed E-state index contributed by atoms with van der Waals surface area (Å²) in [6.45, 7) is 2.83. The van der Waals surface area contributed by atoms with Crippen LogP contribution in [0.15, 0.2) is 0 Å². The summed E-state index contributed by atoms with van der Waals surface area (Å²) in [5.41, 5.74) is 0. The lowest BCUT2D eigenvalue weighted by atomic mass is 10.00. The number of carbonyl (C=O) groups is 2. The van der Waals surface area contributed by atoms with Gasteiger partial charge >= 0.3 is 11.8 Å². The summed E-state index contributed by atoms with van der Waals surface area (Å²) in [7, 11) is 0. The van der Waals surface area contributed by atoms with E-state index in [9.17, 15) is 9.59 Å². The first-order chi connectivity index (χ1) is 8.72. The number of amides is 2. The molecule has 1 atom stereocenters. The lowest BCUT2D eigenvalue weighted by Gasteiger charge is -2.34. The van der Waals surface area contributed by atoms with Crippen molar-refractivity contribution < 1.29 is 9.59 Å². The van der Waals surface area contributed by atoms with Crippen LogP contribution in [0.1, 0.15) is 58.3 Å². The maximum Gasteiger partial charge on any atom is 0.312 e. The summed E-state index contributed by atoms with van der Waals surface area (Å²) in [6.07, 6.45) is 8.57. The molecule has 2 fully saturated rings. The third-order valence-electron chi connectivity index (χ3n) is 4.24. The topological polar surface area (TPSA) is 49.4 Å². The maximum atomic E-state index is 12.2. The fourth-order valence-corrected chi connectivity index (χ4v) is 3.14. The Balaban J connectivity index is 1.89. The van der Waals surface area contributed by atoms with Crippen LogP contribution in [0.2, 0.25) is 0 Å². The molecule has 1 heterocycles. The Bertz CT molecular complexity index is 311. The molecule has 18 heavy (non-hydrogen) atoms. The number of carbonyl (C=O) groups excluding carboxylic acids is 2. The second-order valence-electron chi connectivity index (χ2n) is 5.51. The highest BCUT2D eigenvalue weighted by atomic mass is 16.2. The van der Waals surface area contributed by atoms with Gasteiger partial charge in [-0.1, -0.05) is 19.8 Å². The molecule has 0 aromatic rings. The minimum Gasteiger partial charge on any atom is -0.345 e. The summed E-state index contributed by atoms with van der Waals surface area (Å²) >= 11 is 0. The second-order valence-corrected chi connectivity index (χ2v) is 5.51. The van der Waals surface area contributed by atoms with Crippen molar-refractivity contribution in [1.82, 2.24) is 10.2 Å². The Morgan fingerprint density at radius 1 is 1.11 bits per heavy atom. The molecule has 1 saturated heterocycles. The lowest BCUT2D eigenvalue weighted by Crippen LogP contribution is -2.51. The lowest BCUT2D eigenvalue weighted by molar-refractivity contribution is -0.148. The molecule has 1 aliphatic heterocycles. The summed E-state index contributed by atoms with van der Waals surface area (Å²) in [4.78, 5) is 25.9. The van der Waals surface area contributed by atoms with Gasteiger partial charge in [-0.05, 0) is 38.5 Å². The number of rotatable bonds is 2. The molecule has 1 aliphatic carbocycles. The first-order valence-corrected chi connectivity index (χ1v) is 7.34. The molecule has 0 spiro atoms. The Kier molecular flexibility index (Phi) is 4.61. The number of piperidine rings is 1. The first-order valence-electron chi connectivity index (χ1n) is 7.34. The highest BCUT2D eigenvalue weighted by Gasteiger charge is 2.31. The van der Waals surface area contributed by atoms with Crippen molar-refractivity contribution in [2.75, 3.05) is 6.54 Å². The third kappa shape index (κ3) is 3.03. The third-order valence-corrected chi connectivity index (χ3v) is 4.24. The van der Waals surface area contributed by atoms with Crippen molar-refractivity contribution in [3.8, 4) is 0 Å². The largest absolute Gasteiger partial charge is 0.345 e. The van der Waals surface area contributed by atoms with E-state index in [4.69, 9.17) is 0 Å². The van der Waals surface area contributed by atoms with Gasteiger partial charge in [0, 0.05) is 18.6 Å². The Labute approximate surface area is 109 Å². The number of hydrogen-bond donors (Lipinski definition) is 1. The fraction of sp³-hybridized carbons (Fsp3) is 0.857. The van der Waals surface area contributed by atoms with Crippen LogP contribution in [-0.4, -0.2) is 35.3 Å². The van der Waals surface area contributed by atoms with Gasteiger partial charge in [-0.25, -0.2) is 0 Å². The van der Waals surface area contributed by atoms with Crippen LogP contribution >= 0.6 is 0 Å². The van der Waals surface area contributed by atoms with Gasteiger partial charge in [0.25, 0.3) is 0 Å². The van der Waals surface area contributed by atoms with E-state index in [2.05, 4.69) is 12.2 Å². The SMILES string of the molecule is CCC1CCCCN1C(=O)C(=O)NC1CCCC1. The van der Waals surface area contributed by atoms with Crippen molar-refractivity contribution in [2.24, 2.45) is 0 Å². The van der Waals surface area contributed by atoms with E-state index in [1.807, 2.05) is 0 Å². The van der Waals surface area contributed by atoms with E-state index in [0.717, 1.165) is 38.6 Å². The van der Waals surface area contributed by atoms with Gasteiger partial charge in [0.15, 0.2) is 0 Å². The van der Waals surface area contributed by atoms with Gasteiger partial charge in [0.1, 0.15) is 0 Å². The van der Waals surface area contributed by atoms with Crippen LogP contribution < -0.4 is 5.32 Å². The Hall–Kier alpha value is -1.06. The van der Waals surface area contributed by atoms with E-state index in [1.165, 1.54) is 19.3 Å². The zero-order valence-electron chi connectivity index (χ0n) is 11.3. The van der Waals surface area contributed by atoms with Crippen molar-refractivity contribution in [3.63, 3.8) is 0 Å². The van der Waals surface area contributed by atoms with Crippen LogP contribution in [0.25, 0.3) is 0 Å². The summed E-state index contributed by atoms with van der Waals surface area (Å²) in [5, 5.41) is 2.89. The predicted molar refractivity (Wildman–Crippen MR) is 70.0 cm³/mol. The number of likely N-dealkylation sites (tertiary alicyclic amines) is 1. The second kappa shape index (κ2) is 6.21. The van der Waals surface area contributed by atoms with Crippen molar-refractivity contribution in [3.05, 3.63) is 0 Å². The van der Waals surface area contributed by atoms with Gasteiger partial charge < -0.3 is 10.2 Å². The van der Waals surface area contributed by atoms with Crippen molar-refractivity contribution in [2.45, 2.75) is 70.4 Å². The molecule has 0 aromatic carbocycles. The predicted octanol–water partition coefficient (Wildman–Crippen LogP) is 1.84. The molecule has 102 valence electrons. The monoisotopic (exact) mass is 252 g/mol. The molecule has 1 unspecified atom stereocenters. The van der Waals surface area contributed by atoms with Gasteiger partial charge in [-0.2, -0.15) is 0 Å². The van der Waals surface area contributed by atoms with Gasteiger partial charge in [-0.15, -0.1) is 0 Å². The molecule has 0 radical (unpaired) electrons. The molecular weight excluding hydrogens is 228 g/mol. The van der Waals surface area contributed by atoms with Crippen LogP contribution in [0, 0.1) is 0 Å². The smallest absolute Gasteiger partial charge is 0.312 e. The Morgan fingerprint density at radius 2 is 1.78 bits per heavy atom. The molecular formula is C14H24N2O2. The summed E-state index contributed by atoms with van der Waals surface area (Å²) in [5.74, 6) is -0.698.